The third-order valence-electron chi connectivity index (χ3n) is 10.1. The summed E-state index contributed by atoms with van der Waals surface area (Å²) < 4.78 is 0. The van der Waals surface area contributed by atoms with Crippen LogP contribution in [-0.4, -0.2) is 5.84 Å². The van der Waals surface area contributed by atoms with Gasteiger partial charge in [0.2, 0.25) is 0 Å². The lowest BCUT2D eigenvalue weighted by atomic mass is 9.98. The molecule has 0 spiro atoms. The third-order valence-corrected chi connectivity index (χ3v) is 11.4. The highest BCUT2D eigenvalue weighted by molar-refractivity contribution is 8.00. The number of nitrogens with zero attached hydrogens (tertiary/aromatic N) is 1. The predicted molar refractivity (Wildman–Crippen MR) is 214 cm³/mol. The first-order chi connectivity index (χ1) is 25.2. The van der Waals surface area contributed by atoms with E-state index in [-0.39, 0.29) is 17.7 Å². The summed E-state index contributed by atoms with van der Waals surface area (Å²) in [5, 5.41) is 19.0. The average Bonchev–Trinajstić information content (AvgIpc) is 3.66. The summed E-state index contributed by atoms with van der Waals surface area (Å²) in [6.45, 7) is 0. The van der Waals surface area contributed by atoms with Crippen LogP contribution in [-0.2, 0) is 0 Å². The third kappa shape index (κ3) is 5.61. The molecule has 0 saturated carbocycles. The second kappa shape index (κ2) is 12.5. The van der Waals surface area contributed by atoms with E-state index in [0.717, 1.165) is 22.5 Å². The van der Waals surface area contributed by atoms with E-state index in [1.165, 1.54) is 59.6 Å². The zero-order valence-electron chi connectivity index (χ0n) is 27.8. The van der Waals surface area contributed by atoms with Crippen molar-refractivity contribution in [2.45, 2.75) is 22.6 Å². The predicted octanol–water partition coefficient (Wildman–Crippen LogP) is 11.4. The van der Waals surface area contributed by atoms with Gasteiger partial charge in [-0.3, -0.25) is 5.32 Å². The highest BCUT2D eigenvalue weighted by atomic mass is 32.2. The van der Waals surface area contributed by atoms with Gasteiger partial charge in [-0.1, -0.05) is 151 Å². The molecule has 0 aliphatic carbocycles. The summed E-state index contributed by atoms with van der Waals surface area (Å²) in [7, 11) is 0. The molecular weight excluding hydrogens is 641 g/mol. The average molecular weight is 675 g/mol. The summed E-state index contributed by atoms with van der Waals surface area (Å²) in [6.07, 6.45) is -0.353. The smallest absolute Gasteiger partial charge is 0.131 e. The van der Waals surface area contributed by atoms with Gasteiger partial charge in [0, 0.05) is 15.8 Å². The number of benzene rings is 8. The van der Waals surface area contributed by atoms with Crippen LogP contribution in [0.4, 0.5) is 5.69 Å². The minimum absolute atomic E-state index is 0.130. The maximum absolute atomic E-state index is 5.31. The lowest BCUT2D eigenvalue weighted by Crippen LogP contribution is -2.45. The molecule has 0 bridgehead atoms. The molecule has 0 fully saturated rings. The first-order valence-electron chi connectivity index (χ1n) is 17.5. The molecule has 2 aliphatic rings. The van der Waals surface area contributed by atoms with Gasteiger partial charge in [0.05, 0.1) is 5.69 Å². The Labute approximate surface area is 301 Å². The van der Waals surface area contributed by atoms with E-state index in [9.17, 15) is 0 Å². The van der Waals surface area contributed by atoms with E-state index in [4.69, 9.17) is 4.99 Å². The normalized spacial score (nSPS) is 18.3. The van der Waals surface area contributed by atoms with Crippen LogP contribution in [0, 0.1) is 0 Å². The van der Waals surface area contributed by atoms with Crippen LogP contribution >= 0.6 is 11.8 Å². The van der Waals surface area contributed by atoms with Gasteiger partial charge in [0.1, 0.15) is 23.5 Å². The Morgan fingerprint density at radius 3 is 1.92 bits per heavy atom. The Hall–Kier alpha value is -5.88. The van der Waals surface area contributed by atoms with E-state index < -0.39 is 0 Å². The molecule has 8 aromatic rings. The fraction of sp³-hybridized carbons (Fsp3) is 0.0652. The van der Waals surface area contributed by atoms with Crippen molar-refractivity contribution in [1.29, 1.82) is 0 Å². The molecule has 4 nitrogen and oxygen atoms in total. The van der Waals surface area contributed by atoms with Crippen molar-refractivity contribution in [1.82, 2.24) is 10.6 Å². The number of hydrogen-bond donors (Lipinski definition) is 3. The van der Waals surface area contributed by atoms with Gasteiger partial charge < -0.3 is 10.6 Å². The molecule has 0 aromatic heterocycles. The van der Waals surface area contributed by atoms with Crippen LogP contribution in [0.1, 0.15) is 40.0 Å². The largest absolute Gasteiger partial charge is 0.368 e. The lowest BCUT2D eigenvalue weighted by Gasteiger charge is -2.32. The first-order valence-corrected chi connectivity index (χ1v) is 18.3. The van der Waals surface area contributed by atoms with Crippen LogP contribution in [0.2, 0.25) is 0 Å². The molecule has 10 rings (SSSR count). The van der Waals surface area contributed by atoms with Gasteiger partial charge >= 0.3 is 0 Å². The number of rotatable bonds is 5. The van der Waals surface area contributed by atoms with Crippen LogP contribution in [0.5, 0.6) is 0 Å². The second-order valence-corrected chi connectivity index (χ2v) is 14.5. The molecule has 244 valence electrons. The number of hydrogen-bond acceptors (Lipinski definition) is 5. The number of fused-ring (bicyclic) bond motifs is 5. The van der Waals surface area contributed by atoms with Crippen LogP contribution in [0.25, 0.3) is 43.4 Å². The zero-order chi connectivity index (χ0) is 33.7. The van der Waals surface area contributed by atoms with E-state index >= 15 is 0 Å². The Balaban J connectivity index is 1.01. The van der Waals surface area contributed by atoms with E-state index in [2.05, 4.69) is 186 Å². The van der Waals surface area contributed by atoms with E-state index in [1.54, 1.807) is 0 Å². The quantitative estimate of drug-likeness (QED) is 0.170. The van der Waals surface area contributed by atoms with Gasteiger partial charge in [0.15, 0.2) is 0 Å². The Morgan fingerprint density at radius 1 is 0.451 bits per heavy atom. The minimum Gasteiger partial charge on any atom is -0.368 e. The fourth-order valence-corrected chi connectivity index (χ4v) is 8.62. The molecule has 2 aliphatic heterocycles. The van der Waals surface area contributed by atoms with Crippen molar-refractivity contribution in [3.63, 3.8) is 0 Å². The minimum atomic E-state index is -0.223. The molecule has 2 heterocycles. The molecule has 3 atom stereocenters. The first kappa shape index (κ1) is 30.0. The molecule has 8 aromatic carbocycles. The molecule has 3 unspecified atom stereocenters. The van der Waals surface area contributed by atoms with Gasteiger partial charge in [-0.25, -0.2) is 4.99 Å². The monoisotopic (exact) mass is 674 g/mol. The molecule has 0 saturated heterocycles. The number of thioether (sulfide) groups is 1. The Kier molecular flexibility index (Phi) is 7.33. The standard InChI is InChI=1S/C46H34N4S/c1-2-11-31(12-3-1)46-47-42-40-23-21-35(25-36(40)22-24-41(42)51-46)34-15-8-16-37(28-34)43-48-44(38-19-17-29-9-4-6-13-32(29)26-38)50-45(49-43)39-20-18-30-10-5-7-14-33(30)27-39/h1-28,44-47,50H,(H,48,49). The molecule has 3 N–H and O–H groups in total. The van der Waals surface area contributed by atoms with E-state index in [1.807, 2.05) is 11.8 Å². The SMILES string of the molecule is c1ccc(C2Nc3c(ccc4cc(-c5cccc(C6=NC(c7ccc8ccccc8c7)NC(c7ccc8ccccc8c7)N6)c5)ccc34)S2)cc1. The Morgan fingerprint density at radius 2 is 1.12 bits per heavy atom. The lowest BCUT2D eigenvalue weighted by molar-refractivity contribution is 0.409. The molecule has 51 heavy (non-hydrogen) atoms. The van der Waals surface area contributed by atoms with Crippen molar-refractivity contribution >= 4 is 55.6 Å². The fourth-order valence-electron chi connectivity index (χ4n) is 7.46. The molecular formula is C46H34N4S. The van der Waals surface area contributed by atoms with Gasteiger partial charge in [-0.2, -0.15) is 0 Å². The van der Waals surface area contributed by atoms with Crippen molar-refractivity contribution in [3.05, 3.63) is 192 Å². The van der Waals surface area contributed by atoms with Gasteiger partial charge in [0.25, 0.3) is 0 Å². The number of nitrogens with one attached hydrogen (secondary N) is 3. The van der Waals surface area contributed by atoms with Crippen LogP contribution in [0.15, 0.2) is 180 Å². The molecule has 0 radical (unpaired) electrons. The highest BCUT2D eigenvalue weighted by Gasteiger charge is 2.27. The van der Waals surface area contributed by atoms with Crippen LogP contribution < -0.4 is 16.0 Å². The summed E-state index contributed by atoms with van der Waals surface area (Å²) in [6, 6.07) is 61.1. The van der Waals surface area contributed by atoms with Gasteiger partial charge in [-0.15, -0.1) is 0 Å². The maximum atomic E-state index is 5.31. The zero-order valence-corrected chi connectivity index (χ0v) is 28.6. The van der Waals surface area contributed by atoms with Gasteiger partial charge in [-0.05, 0) is 85.1 Å². The topological polar surface area (TPSA) is 48.5 Å². The van der Waals surface area contributed by atoms with E-state index in [0.29, 0.717) is 0 Å². The van der Waals surface area contributed by atoms with Crippen molar-refractivity contribution in [2.24, 2.45) is 4.99 Å². The number of amidine groups is 1. The Bertz CT molecular complexity index is 2630. The van der Waals surface area contributed by atoms with Crippen LogP contribution in [0.3, 0.4) is 0 Å². The summed E-state index contributed by atoms with van der Waals surface area (Å²) in [4.78, 5) is 6.60. The highest BCUT2D eigenvalue weighted by Crippen LogP contribution is 2.49. The summed E-state index contributed by atoms with van der Waals surface area (Å²) in [5.41, 5.74) is 8.22. The number of aliphatic imine (C=N–C) groups is 1. The van der Waals surface area contributed by atoms with Crippen molar-refractivity contribution in [3.8, 4) is 11.1 Å². The molecule has 5 heteroatoms. The van der Waals surface area contributed by atoms with Crippen molar-refractivity contribution in [2.75, 3.05) is 5.32 Å². The number of anilines is 1. The maximum Gasteiger partial charge on any atom is 0.131 e. The second-order valence-electron chi connectivity index (χ2n) is 13.3. The summed E-state index contributed by atoms with van der Waals surface area (Å²) in [5.74, 6) is 0.874. The molecule has 0 amide bonds. The summed E-state index contributed by atoms with van der Waals surface area (Å²) >= 11 is 1.88. The van der Waals surface area contributed by atoms with Crippen molar-refractivity contribution < 1.29 is 0 Å².